The van der Waals surface area contributed by atoms with E-state index in [4.69, 9.17) is 10.2 Å². The quantitative estimate of drug-likeness (QED) is 0.734. The second-order valence-electron chi connectivity index (χ2n) is 5.84. The van der Waals surface area contributed by atoms with Crippen LogP contribution in [0.3, 0.4) is 0 Å². The molecule has 2 aromatic heterocycles. The van der Waals surface area contributed by atoms with Gasteiger partial charge >= 0.3 is 0 Å². The van der Waals surface area contributed by atoms with Crippen LogP contribution in [0.15, 0.2) is 53.3 Å². The van der Waals surface area contributed by atoms with Gasteiger partial charge in [-0.2, -0.15) is 0 Å². The predicted molar refractivity (Wildman–Crippen MR) is 89.8 cm³/mol. The second kappa shape index (κ2) is 6.71. The summed E-state index contributed by atoms with van der Waals surface area (Å²) in [7, 11) is 0. The molecule has 1 aromatic carbocycles. The lowest BCUT2D eigenvalue weighted by molar-refractivity contribution is -0.121. The Labute approximate surface area is 135 Å². The topological polar surface area (TPSA) is 73.2 Å². The zero-order valence-electron chi connectivity index (χ0n) is 13.2. The maximum Gasteiger partial charge on any atom is 0.240 e. The predicted octanol–water partition coefficient (Wildman–Crippen LogP) is 2.44. The molecule has 3 aromatic rings. The maximum atomic E-state index is 12.2. The number of para-hydroxylation sites is 1. The molecule has 3 N–H and O–H groups in total. The summed E-state index contributed by atoms with van der Waals surface area (Å²) >= 11 is 0. The first-order valence-corrected chi connectivity index (χ1v) is 7.75. The Bertz CT molecular complexity index is 788. The molecule has 0 saturated heterocycles. The fourth-order valence-corrected chi connectivity index (χ4v) is 2.77. The van der Waals surface area contributed by atoms with Gasteiger partial charge < -0.3 is 20.0 Å². The number of rotatable bonds is 6. The highest BCUT2D eigenvalue weighted by Crippen LogP contribution is 2.22. The fourth-order valence-electron chi connectivity index (χ4n) is 2.77. The normalized spacial score (nSPS) is 12.4. The zero-order chi connectivity index (χ0) is 16.2. The molecule has 0 aliphatic carbocycles. The number of benzene rings is 1. The average molecular weight is 311 g/mol. The first-order chi connectivity index (χ1) is 11.1. The Morgan fingerprint density at radius 1 is 1.30 bits per heavy atom. The second-order valence-corrected chi connectivity index (χ2v) is 5.84. The lowest BCUT2D eigenvalue weighted by atomic mass is 10.1. The van der Waals surface area contributed by atoms with Gasteiger partial charge in [-0.15, -0.1) is 0 Å². The van der Waals surface area contributed by atoms with Gasteiger partial charge in [-0.3, -0.25) is 4.79 Å². The van der Waals surface area contributed by atoms with Crippen LogP contribution < -0.4 is 11.1 Å². The Kier molecular flexibility index (Phi) is 4.48. The van der Waals surface area contributed by atoms with Gasteiger partial charge in [-0.25, -0.2) is 0 Å². The van der Waals surface area contributed by atoms with Crippen molar-refractivity contribution in [3.05, 3.63) is 60.2 Å². The Hall–Kier alpha value is -2.53. The van der Waals surface area contributed by atoms with Crippen LogP contribution in [0.1, 0.15) is 18.2 Å². The molecular formula is C18H21N3O2. The SMILES string of the molecule is CC(N)Cc1cn(CC(=O)NCc2ccco2)c2ccccc12. The molecule has 0 saturated carbocycles. The van der Waals surface area contributed by atoms with E-state index in [1.54, 1.807) is 12.3 Å². The summed E-state index contributed by atoms with van der Waals surface area (Å²) in [4.78, 5) is 12.2. The van der Waals surface area contributed by atoms with Crippen molar-refractivity contribution in [3.63, 3.8) is 0 Å². The van der Waals surface area contributed by atoms with Gasteiger partial charge in [0.25, 0.3) is 0 Å². The lowest BCUT2D eigenvalue weighted by Crippen LogP contribution is -2.26. The minimum Gasteiger partial charge on any atom is -0.467 e. The summed E-state index contributed by atoms with van der Waals surface area (Å²) in [5.74, 6) is 0.697. The summed E-state index contributed by atoms with van der Waals surface area (Å²) in [5.41, 5.74) is 8.16. The highest BCUT2D eigenvalue weighted by molar-refractivity contribution is 5.86. The Morgan fingerprint density at radius 3 is 2.87 bits per heavy atom. The van der Waals surface area contributed by atoms with Crippen LogP contribution in [0.2, 0.25) is 0 Å². The van der Waals surface area contributed by atoms with E-state index in [0.29, 0.717) is 6.54 Å². The van der Waals surface area contributed by atoms with Gasteiger partial charge in [0.1, 0.15) is 12.3 Å². The van der Waals surface area contributed by atoms with Crippen LogP contribution >= 0.6 is 0 Å². The molecule has 5 heteroatoms. The number of fused-ring (bicyclic) bond motifs is 1. The van der Waals surface area contributed by atoms with Crippen molar-refractivity contribution in [2.45, 2.75) is 32.5 Å². The number of nitrogens with zero attached hydrogens (tertiary/aromatic N) is 1. The molecule has 1 unspecified atom stereocenters. The van der Waals surface area contributed by atoms with E-state index in [1.807, 2.05) is 42.0 Å². The number of furan rings is 1. The van der Waals surface area contributed by atoms with Crippen molar-refractivity contribution in [3.8, 4) is 0 Å². The van der Waals surface area contributed by atoms with Crippen molar-refractivity contribution < 1.29 is 9.21 Å². The number of amides is 1. The van der Waals surface area contributed by atoms with E-state index in [0.717, 1.165) is 23.1 Å². The van der Waals surface area contributed by atoms with E-state index in [2.05, 4.69) is 11.4 Å². The van der Waals surface area contributed by atoms with Crippen molar-refractivity contribution in [2.24, 2.45) is 5.73 Å². The monoisotopic (exact) mass is 311 g/mol. The van der Waals surface area contributed by atoms with Crippen molar-refractivity contribution >= 4 is 16.8 Å². The first kappa shape index (κ1) is 15.4. The summed E-state index contributed by atoms with van der Waals surface area (Å²) < 4.78 is 7.19. The van der Waals surface area contributed by atoms with E-state index in [1.165, 1.54) is 5.56 Å². The van der Waals surface area contributed by atoms with Crippen LogP contribution in [0, 0.1) is 0 Å². The van der Waals surface area contributed by atoms with E-state index in [9.17, 15) is 4.79 Å². The number of carbonyl (C=O) groups excluding carboxylic acids is 1. The van der Waals surface area contributed by atoms with Gasteiger partial charge in [-0.05, 0) is 37.1 Å². The zero-order valence-corrected chi connectivity index (χ0v) is 13.2. The standard InChI is InChI=1S/C18H21N3O2/c1-13(19)9-14-11-21(17-7-3-2-6-16(14)17)12-18(22)20-10-15-5-4-8-23-15/h2-8,11,13H,9-10,12,19H2,1H3,(H,20,22). The summed E-state index contributed by atoms with van der Waals surface area (Å²) in [6.07, 6.45) is 4.42. The third-order valence-electron chi connectivity index (χ3n) is 3.77. The van der Waals surface area contributed by atoms with Crippen LogP contribution in [-0.4, -0.2) is 16.5 Å². The molecule has 1 amide bonds. The molecule has 0 aliphatic heterocycles. The molecule has 3 rings (SSSR count). The van der Waals surface area contributed by atoms with E-state index in [-0.39, 0.29) is 18.5 Å². The van der Waals surface area contributed by atoms with Crippen LogP contribution in [-0.2, 0) is 24.3 Å². The molecule has 0 spiro atoms. The molecule has 0 radical (unpaired) electrons. The third kappa shape index (κ3) is 3.63. The minimum absolute atomic E-state index is 0.0468. The molecule has 1 atom stereocenters. The average Bonchev–Trinajstić information content (AvgIpc) is 3.14. The van der Waals surface area contributed by atoms with E-state index < -0.39 is 0 Å². The van der Waals surface area contributed by atoms with Crippen LogP contribution in [0.4, 0.5) is 0 Å². The fraction of sp³-hybridized carbons (Fsp3) is 0.278. The summed E-state index contributed by atoms with van der Waals surface area (Å²) in [6.45, 7) is 2.67. The van der Waals surface area contributed by atoms with Crippen molar-refractivity contribution in [2.75, 3.05) is 0 Å². The molecule has 23 heavy (non-hydrogen) atoms. The Morgan fingerprint density at radius 2 is 2.13 bits per heavy atom. The summed E-state index contributed by atoms with van der Waals surface area (Å²) in [6, 6.07) is 11.8. The van der Waals surface area contributed by atoms with Crippen molar-refractivity contribution in [1.29, 1.82) is 0 Å². The van der Waals surface area contributed by atoms with Gasteiger partial charge in [0.15, 0.2) is 0 Å². The number of nitrogens with one attached hydrogen (secondary N) is 1. The molecular weight excluding hydrogens is 290 g/mol. The molecule has 2 heterocycles. The molecule has 0 bridgehead atoms. The minimum atomic E-state index is -0.0468. The summed E-state index contributed by atoms with van der Waals surface area (Å²) in [5, 5.41) is 4.03. The smallest absolute Gasteiger partial charge is 0.240 e. The van der Waals surface area contributed by atoms with Gasteiger partial charge in [0.2, 0.25) is 5.91 Å². The first-order valence-electron chi connectivity index (χ1n) is 7.75. The van der Waals surface area contributed by atoms with Gasteiger partial charge in [-0.1, -0.05) is 18.2 Å². The lowest BCUT2D eigenvalue weighted by Gasteiger charge is -2.06. The third-order valence-corrected chi connectivity index (χ3v) is 3.77. The van der Waals surface area contributed by atoms with E-state index >= 15 is 0 Å². The van der Waals surface area contributed by atoms with Crippen molar-refractivity contribution in [1.82, 2.24) is 9.88 Å². The largest absolute Gasteiger partial charge is 0.467 e. The molecule has 120 valence electrons. The number of carbonyl (C=O) groups is 1. The highest BCUT2D eigenvalue weighted by atomic mass is 16.3. The number of hydrogen-bond acceptors (Lipinski definition) is 3. The Balaban J connectivity index is 1.75. The number of aromatic nitrogens is 1. The molecule has 5 nitrogen and oxygen atoms in total. The van der Waals surface area contributed by atoms with Gasteiger partial charge in [0.05, 0.1) is 12.8 Å². The number of nitrogens with two attached hydrogens (primary N) is 1. The molecule has 0 aliphatic rings. The van der Waals surface area contributed by atoms with Crippen LogP contribution in [0.25, 0.3) is 10.9 Å². The molecule has 0 fully saturated rings. The highest BCUT2D eigenvalue weighted by Gasteiger charge is 2.12. The van der Waals surface area contributed by atoms with Gasteiger partial charge in [0, 0.05) is 23.1 Å². The van der Waals surface area contributed by atoms with Crippen LogP contribution in [0.5, 0.6) is 0 Å². The number of hydrogen-bond donors (Lipinski definition) is 2. The maximum absolute atomic E-state index is 12.2.